The molecule has 5 atom stereocenters. The Labute approximate surface area is 174 Å². The van der Waals surface area contributed by atoms with Gasteiger partial charge in [0.1, 0.15) is 0 Å². The number of hydrogen-bond acceptors (Lipinski definition) is 4. The molecule has 2 heterocycles. The van der Waals surface area contributed by atoms with Crippen LogP contribution in [0, 0.1) is 5.92 Å². The molecule has 0 aliphatic carbocycles. The summed E-state index contributed by atoms with van der Waals surface area (Å²) in [6, 6.07) is 7.85. The number of ether oxygens (including phenoxy) is 1. The Morgan fingerprint density at radius 2 is 2.14 bits per heavy atom. The Kier molecular flexibility index (Phi) is 7.48. The maximum absolute atomic E-state index is 14.9. The third kappa shape index (κ3) is 5.66. The van der Waals surface area contributed by atoms with Gasteiger partial charge >= 0.3 is 0 Å². The van der Waals surface area contributed by atoms with Crippen molar-refractivity contribution in [1.29, 1.82) is 0 Å². The van der Waals surface area contributed by atoms with Gasteiger partial charge in [0.2, 0.25) is 14.3 Å². The molecule has 1 amide bonds. The summed E-state index contributed by atoms with van der Waals surface area (Å²) in [4.78, 5) is 12.3. The van der Waals surface area contributed by atoms with E-state index in [-0.39, 0.29) is 42.2 Å². The summed E-state index contributed by atoms with van der Waals surface area (Å²) in [5.41, 5.74) is 1.87. The summed E-state index contributed by atoms with van der Waals surface area (Å²) in [5.74, 6) is 0.173. The van der Waals surface area contributed by atoms with Gasteiger partial charge in [-0.25, -0.2) is 0 Å². The van der Waals surface area contributed by atoms with Crippen molar-refractivity contribution >= 4 is 20.0 Å². The smallest absolute Gasteiger partial charge is 0.246 e. The van der Waals surface area contributed by atoms with Crippen molar-refractivity contribution in [3.05, 3.63) is 29.8 Å². The topological polar surface area (TPSA) is 70.6 Å². The van der Waals surface area contributed by atoms with Crippen LogP contribution < -0.4 is 10.6 Å². The van der Waals surface area contributed by atoms with E-state index in [0.29, 0.717) is 6.42 Å². The van der Waals surface area contributed by atoms with Crippen LogP contribution in [0.2, 0.25) is 18.6 Å². The average molecular weight is 423 g/mol. The lowest BCUT2D eigenvalue weighted by atomic mass is 9.95. The van der Waals surface area contributed by atoms with E-state index < -0.39 is 8.41 Å². The number of nitrogens with one attached hydrogen (secondary N) is 2. The summed E-state index contributed by atoms with van der Waals surface area (Å²) in [6.45, 7) is 6.51. The van der Waals surface area contributed by atoms with Crippen LogP contribution in [-0.4, -0.2) is 50.8 Å². The highest BCUT2D eigenvalue weighted by molar-refractivity contribution is 6.72. The van der Waals surface area contributed by atoms with E-state index in [0.717, 1.165) is 43.5 Å². The van der Waals surface area contributed by atoms with Crippen molar-refractivity contribution in [2.24, 2.45) is 5.92 Å². The largest absolute Gasteiger partial charge is 0.396 e. The van der Waals surface area contributed by atoms with Crippen molar-refractivity contribution < 1.29 is 18.7 Å². The second-order valence-electron chi connectivity index (χ2n) is 9.05. The van der Waals surface area contributed by atoms with E-state index in [9.17, 15) is 14.0 Å². The monoisotopic (exact) mass is 422 g/mol. The van der Waals surface area contributed by atoms with Gasteiger partial charge < -0.3 is 24.6 Å². The van der Waals surface area contributed by atoms with E-state index in [1.807, 2.05) is 18.2 Å². The number of carbonyl (C=O) groups is 1. The highest BCUT2D eigenvalue weighted by Crippen LogP contribution is 2.46. The molecule has 2 saturated heterocycles. The number of anilines is 1. The number of halogens is 1. The van der Waals surface area contributed by atoms with Crippen molar-refractivity contribution in [2.45, 2.75) is 75.9 Å². The lowest BCUT2D eigenvalue weighted by molar-refractivity contribution is -0.117. The second kappa shape index (κ2) is 9.68. The molecule has 2 fully saturated rings. The first-order valence-corrected chi connectivity index (χ1v) is 13.8. The number of amides is 1. The predicted molar refractivity (Wildman–Crippen MR) is 116 cm³/mol. The summed E-state index contributed by atoms with van der Waals surface area (Å²) in [6.07, 6.45) is 3.86. The van der Waals surface area contributed by atoms with Crippen molar-refractivity contribution in [3.8, 4) is 0 Å². The van der Waals surface area contributed by atoms with Crippen LogP contribution in [0.4, 0.5) is 9.80 Å². The van der Waals surface area contributed by atoms with Crippen LogP contribution in [0.15, 0.2) is 24.3 Å². The highest BCUT2D eigenvalue weighted by Gasteiger charge is 2.50. The molecular formula is C22H35FN2O3Si. The molecule has 0 spiro atoms. The molecule has 0 aromatic heterocycles. The zero-order valence-electron chi connectivity index (χ0n) is 17.8. The van der Waals surface area contributed by atoms with E-state index in [1.54, 1.807) is 13.1 Å². The van der Waals surface area contributed by atoms with E-state index in [4.69, 9.17) is 4.74 Å². The van der Waals surface area contributed by atoms with Gasteiger partial charge in [-0.15, -0.1) is 0 Å². The SMILES string of the molecule is C[C@@H]1[C@@H]([Si](C)(C)F)[C@H](CCO)O[C@@H]1CCc1cccc(NC(=O)[C@H]2CCCN2)c1. The van der Waals surface area contributed by atoms with Crippen molar-refractivity contribution in [2.75, 3.05) is 18.5 Å². The first-order valence-electron chi connectivity index (χ1n) is 10.9. The molecule has 162 valence electrons. The van der Waals surface area contributed by atoms with E-state index in [1.165, 1.54) is 0 Å². The fourth-order valence-corrected chi connectivity index (χ4v) is 7.62. The lowest BCUT2D eigenvalue weighted by Gasteiger charge is -2.28. The number of rotatable bonds is 8. The summed E-state index contributed by atoms with van der Waals surface area (Å²) in [7, 11) is -2.87. The highest BCUT2D eigenvalue weighted by atomic mass is 28.4. The Morgan fingerprint density at radius 1 is 1.34 bits per heavy atom. The van der Waals surface area contributed by atoms with Crippen LogP contribution in [0.5, 0.6) is 0 Å². The number of hydrogen-bond donors (Lipinski definition) is 3. The Balaban J connectivity index is 1.58. The van der Waals surface area contributed by atoms with Crippen LogP contribution in [0.3, 0.4) is 0 Å². The molecule has 3 N–H and O–H groups in total. The van der Waals surface area contributed by atoms with Crippen molar-refractivity contribution in [1.82, 2.24) is 5.32 Å². The quantitative estimate of drug-likeness (QED) is 0.442. The molecule has 2 aliphatic heterocycles. The van der Waals surface area contributed by atoms with Gasteiger partial charge in [0.05, 0.1) is 18.2 Å². The number of aliphatic hydroxyl groups is 1. The summed E-state index contributed by atoms with van der Waals surface area (Å²) in [5, 5.41) is 15.6. The second-order valence-corrected chi connectivity index (χ2v) is 12.8. The van der Waals surface area contributed by atoms with Gasteiger partial charge in [-0.3, -0.25) is 4.79 Å². The van der Waals surface area contributed by atoms with Crippen LogP contribution in [0.25, 0.3) is 0 Å². The Hall–Kier alpha value is -1.28. The van der Waals surface area contributed by atoms with Gasteiger partial charge in [-0.1, -0.05) is 19.1 Å². The molecule has 3 rings (SSSR count). The minimum absolute atomic E-state index is 0.0000103. The molecule has 5 nitrogen and oxygen atoms in total. The fraction of sp³-hybridized carbons (Fsp3) is 0.682. The average Bonchev–Trinajstić information content (AvgIpc) is 3.28. The zero-order valence-corrected chi connectivity index (χ0v) is 18.8. The van der Waals surface area contributed by atoms with Gasteiger partial charge in [0.15, 0.2) is 0 Å². The summed E-state index contributed by atoms with van der Waals surface area (Å²) < 4.78 is 21.1. The number of benzene rings is 1. The molecule has 0 bridgehead atoms. The lowest BCUT2D eigenvalue weighted by Crippen LogP contribution is -2.36. The molecule has 0 radical (unpaired) electrons. The minimum atomic E-state index is -2.87. The molecular weight excluding hydrogens is 387 g/mol. The number of carbonyl (C=O) groups excluding carboxylic acids is 1. The fourth-order valence-electron chi connectivity index (χ4n) is 5.03. The van der Waals surface area contributed by atoms with Gasteiger partial charge in [-0.05, 0) is 75.4 Å². The summed E-state index contributed by atoms with van der Waals surface area (Å²) >= 11 is 0. The van der Waals surface area contributed by atoms with Gasteiger partial charge in [-0.2, -0.15) is 0 Å². The molecule has 2 aliphatic rings. The maximum Gasteiger partial charge on any atom is 0.246 e. The molecule has 0 unspecified atom stereocenters. The molecule has 29 heavy (non-hydrogen) atoms. The van der Waals surface area contributed by atoms with E-state index >= 15 is 0 Å². The molecule has 1 aromatic rings. The van der Waals surface area contributed by atoms with Crippen LogP contribution >= 0.6 is 0 Å². The van der Waals surface area contributed by atoms with E-state index in [2.05, 4.69) is 23.6 Å². The standard InChI is InChI=1S/C22H35FN2O3Si/c1-15-19(28-20(11-13-26)21(15)29(2,3)23)10-9-16-6-4-7-17(14-16)25-22(27)18-8-5-12-24-18/h4,6-7,14-15,18-21,24,26H,5,8-13H2,1-3H3,(H,25,27)/t15-,18+,19+,20-,21+/m0/s1. The zero-order chi connectivity index (χ0) is 21.0. The molecule has 0 saturated carbocycles. The normalized spacial score (nSPS) is 29.9. The van der Waals surface area contributed by atoms with Crippen LogP contribution in [-0.2, 0) is 16.0 Å². The van der Waals surface area contributed by atoms with Gasteiger partial charge in [0.25, 0.3) is 0 Å². The first-order chi connectivity index (χ1) is 13.8. The maximum atomic E-state index is 14.9. The predicted octanol–water partition coefficient (Wildman–Crippen LogP) is 3.64. The van der Waals surface area contributed by atoms with Crippen LogP contribution in [0.1, 0.15) is 38.2 Å². The third-order valence-electron chi connectivity index (χ3n) is 6.40. The van der Waals surface area contributed by atoms with Gasteiger partial charge in [0, 0.05) is 17.8 Å². The Bertz CT molecular complexity index is 691. The number of aryl methyl sites for hydroxylation is 1. The minimum Gasteiger partial charge on any atom is -0.396 e. The molecule has 1 aromatic carbocycles. The Morgan fingerprint density at radius 3 is 2.79 bits per heavy atom. The van der Waals surface area contributed by atoms with Crippen molar-refractivity contribution in [3.63, 3.8) is 0 Å². The first kappa shape index (κ1) is 22.4. The third-order valence-corrected chi connectivity index (χ3v) is 8.88. The molecule has 7 heteroatoms. The number of aliphatic hydroxyl groups excluding tert-OH is 1.